The van der Waals surface area contributed by atoms with Gasteiger partial charge in [0.15, 0.2) is 6.10 Å². The van der Waals surface area contributed by atoms with Crippen molar-refractivity contribution in [2.75, 3.05) is 10.6 Å². The highest BCUT2D eigenvalue weighted by atomic mass is 16.6. The van der Waals surface area contributed by atoms with E-state index in [2.05, 4.69) is 15.6 Å². The van der Waals surface area contributed by atoms with Gasteiger partial charge in [-0.05, 0) is 73.0 Å². The fraction of sp³-hybridized carbons (Fsp3) is 0.250. The van der Waals surface area contributed by atoms with Gasteiger partial charge < -0.3 is 30.5 Å². The van der Waals surface area contributed by atoms with Gasteiger partial charge >= 0.3 is 11.9 Å². The summed E-state index contributed by atoms with van der Waals surface area (Å²) in [5.74, 6) is -1.01. The second kappa shape index (κ2) is 11.9. The molecule has 1 aliphatic rings. The van der Waals surface area contributed by atoms with Crippen LogP contribution in [0.4, 0.5) is 23.1 Å². The third kappa shape index (κ3) is 5.91. The molecule has 0 unspecified atom stereocenters. The van der Waals surface area contributed by atoms with Crippen molar-refractivity contribution >= 4 is 35.2 Å². The number of ether oxygens (including phenoxy) is 1. The number of aromatic nitrogens is 2. The predicted octanol–water partition coefficient (Wildman–Crippen LogP) is 1.95. The maximum Gasteiger partial charge on any atom is 0.400 e. The van der Waals surface area contributed by atoms with Crippen LogP contribution >= 0.6 is 0 Å². The van der Waals surface area contributed by atoms with E-state index in [9.17, 15) is 25.2 Å². The van der Waals surface area contributed by atoms with Crippen molar-refractivity contribution in [1.29, 1.82) is 10.5 Å². The molecule has 0 radical (unpaired) electrons. The number of hydrogen-bond donors (Lipinski definition) is 6. The lowest BCUT2D eigenvalue weighted by Gasteiger charge is -2.38. The highest BCUT2D eigenvalue weighted by Gasteiger charge is 2.49. The van der Waals surface area contributed by atoms with Crippen LogP contribution in [0.5, 0.6) is 0 Å². The predicted molar refractivity (Wildman–Crippen MR) is 142 cm³/mol. The van der Waals surface area contributed by atoms with Gasteiger partial charge in [-0.1, -0.05) is 4.98 Å². The molecule has 2 heterocycles. The minimum Gasteiger partial charge on any atom is -0.479 e. The Morgan fingerprint density at radius 3 is 2.30 bits per heavy atom. The highest BCUT2D eigenvalue weighted by molar-refractivity contribution is 5.73. The van der Waals surface area contributed by atoms with Gasteiger partial charge in [-0.3, -0.25) is 0 Å². The number of aliphatic hydroxyl groups is 3. The molecule has 2 aromatic carbocycles. The average Bonchev–Trinajstić information content (AvgIpc) is 2.93. The monoisotopic (exact) mass is 543 g/mol. The molecule has 0 aliphatic carbocycles. The van der Waals surface area contributed by atoms with Gasteiger partial charge in [-0.2, -0.15) is 10.5 Å². The van der Waals surface area contributed by atoms with Crippen molar-refractivity contribution in [2.24, 2.45) is 0 Å². The SMILES string of the molecule is Cc1cc(/C=C/C#N)cc(C)c1Nc1cc[n+]([C@@H]2O[C@H](C(=O)O)[C@@H](O)[C@H](O)[C@H]2O)c(Nc2ccc(C#N)cc2)n1. The third-order valence-electron chi connectivity index (χ3n) is 6.40. The minimum atomic E-state index is -1.84. The summed E-state index contributed by atoms with van der Waals surface area (Å²) in [6.45, 7) is 3.81. The zero-order valence-corrected chi connectivity index (χ0v) is 21.6. The van der Waals surface area contributed by atoms with Crippen LogP contribution in [0.15, 0.2) is 54.7 Å². The zero-order valence-electron chi connectivity index (χ0n) is 21.6. The number of nitrogens with one attached hydrogen (secondary N) is 2. The van der Waals surface area contributed by atoms with E-state index < -0.39 is 36.6 Å². The van der Waals surface area contributed by atoms with E-state index in [1.54, 1.807) is 36.4 Å². The van der Waals surface area contributed by atoms with Crippen molar-refractivity contribution in [1.82, 2.24) is 4.98 Å². The molecule has 3 aromatic rings. The van der Waals surface area contributed by atoms with E-state index in [1.165, 1.54) is 16.8 Å². The second-order valence-electron chi connectivity index (χ2n) is 9.23. The van der Waals surface area contributed by atoms with Crippen LogP contribution in [-0.2, 0) is 9.53 Å². The van der Waals surface area contributed by atoms with Gasteiger partial charge in [-0.25, -0.2) is 14.7 Å². The molecular formula is C28H27N6O6+. The summed E-state index contributed by atoms with van der Waals surface area (Å²) in [7, 11) is 0. The Balaban J connectivity index is 1.74. The number of aliphatic hydroxyl groups excluding tert-OH is 3. The van der Waals surface area contributed by atoms with Crippen LogP contribution in [0, 0.1) is 36.5 Å². The number of aryl methyl sites for hydroxylation is 2. The molecule has 0 saturated carbocycles. The number of anilines is 4. The van der Waals surface area contributed by atoms with Crippen LogP contribution in [0.25, 0.3) is 6.08 Å². The lowest BCUT2D eigenvalue weighted by atomic mass is 9.98. The van der Waals surface area contributed by atoms with Gasteiger partial charge in [0.25, 0.3) is 0 Å². The lowest BCUT2D eigenvalue weighted by molar-refractivity contribution is -0.767. The summed E-state index contributed by atoms with van der Waals surface area (Å²) >= 11 is 0. The summed E-state index contributed by atoms with van der Waals surface area (Å²) in [6, 6.07) is 15.9. The zero-order chi connectivity index (χ0) is 29.0. The molecule has 1 aliphatic heterocycles. The first-order chi connectivity index (χ1) is 19.1. The number of aliphatic carboxylic acids is 1. The van der Waals surface area contributed by atoms with Crippen molar-refractivity contribution < 1.29 is 34.5 Å². The molecule has 0 bridgehead atoms. The van der Waals surface area contributed by atoms with Crippen molar-refractivity contribution in [3.8, 4) is 12.1 Å². The number of allylic oxidation sites excluding steroid dienone is 1. The summed E-state index contributed by atoms with van der Waals surface area (Å²) in [4.78, 5) is 16.3. The van der Waals surface area contributed by atoms with E-state index in [-0.39, 0.29) is 5.95 Å². The van der Waals surface area contributed by atoms with Gasteiger partial charge in [0, 0.05) is 17.8 Å². The molecule has 1 aromatic heterocycles. The number of nitriles is 2. The Labute approximate surface area is 229 Å². The smallest absolute Gasteiger partial charge is 0.400 e. The summed E-state index contributed by atoms with van der Waals surface area (Å²) in [6.07, 6.45) is -3.95. The molecule has 204 valence electrons. The number of carboxylic acid groups (broad SMARTS) is 1. The molecule has 5 atom stereocenters. The number of benzene rings is 2. The van der Waals surface area contributed by atoms with Gasteiger partial charge in [0.1, 0.15) is 18.3 Å². The molecule has 4 rings (SSSR count). The quantitative estimate of drug-likeness (QED) is 0.188. The maximum absolute atomic E-state index is 11.7. The standard InChI is InChI=1S/C28H26N6O6/c1-15-12-18(4-3-10-29)13-16(2)21(15)32-20-9-11-34(26-24(37)22(35)23(36)25(40-26)27(38)39)28(33-20)31-19-7-5-17(14-30)6-8-19/h3-9,11-13,22-26,35-37H,1-2H3,(H2,31,32,33,38,39)/p+1/b4-3+/t22-,23-,24+,25-,26+/m0/s1. The van der Waals surface area contributed by atoms with E-state index >= 15 is 0 Å². The average molecular weight is 544 g/mol. The van der Waals surface area contributed by atoms with Gasteiger partial charge in [-0.15, -0.1) is 0 Å². The molecule has 6 N–H and O–H groups in total. The molecular weight excluding hydrogens is 516 g/mol. The number of hydrogen-bond acceptors (Lipinski definition) is 10. The van der Waals surface area contributed by atoms with E-state index in [4.69, 9.17) is 15.3 Å². The number of carboxylic acids is 1. The largest absolute Gasteiger partial charge is 0.479 e. The van der Waals surface area contributed by atoms with Crippen LogP contribution < -0.4 is 15.2 Å². The number of rotatable bonds is 7. The van der Waals surface area contributed by atoms with E-state index in [1.807, 2.05) is 38.1 Å². The van der Waals surface area contributed by atoms with E-state index in [0.29, 0.717) is 17.1 Å². The number of nitrogens with zero attached hydrogens (tertiary/aromatic N) is 4. The Morgan fingerprint density at radius 1 is 1.02 bits per heavy atom. The third-order valence-corrected chi connectivity index (χ3v) is 6.40. The fourth-order valence-electron chi connectivity index (χ4n) is 4.40. The Hall–Kier alpha value is -4.85. The molecule has 0 spiro atoms. The summed E-state index contributed by atoms with van der Waals surface area (Å²) in [5.41, 5.74) is 4.39. The van der Waals surface area contributed by atoms with Crippen molar-refractivity contribution in [3.05, 3.63) is 77.0 Å². The Morgan fingerprint density at radius 2 is 1.70 bits per heavy atom. The van der Waals surface area contributed by atoms with Crippen LogP contribution in [0.3, 0.4) is 0 Å². The van der Waals surface area contributed by atoms with Gasteiger partial charge in [0.2, 0.25) is 12.0 Å². The normalized spacial score (nSPS) is 22.3. The molecule has 1 saturated heterocycles. The maximum atomic E-state index is 11.7. The first kappa shape index (κ1) is 28.2. The second-order valence-corrected chi connectivity index (χ2v) is 9.23. The summed E-state index contributed by atoms with van der Waals surface area (Å²) in [5, 5.41) is 64.9. The minimum absolute atomic E-state index is 0.107. The van der Waals surface area contributed by atoms with Gasteiger partial charge in [0.05, 0.1) is 29.6 Å². The lowest BCUT2D eigenvalue weighted by Crippen LogP contribution is -2.64. The first-order valence-corrected chi connectivity index (χ1v) is 12.2. The first-order valence-electron chi connectivity index (χ1n) is 12.2. The summed E-state index contributed by atoms with van der Waals surface area (Å²) < 4.78 is 6.83. The van der Waals surface area contributed by atoms with Crippen molar-refractivity contribution in [2.45, 2.75) is 44.5 Å². The molecule has 12 nitrogen and oxygen atoms in total. The highest BCUT2D eigenvalue weighted by Crippen LogP contribution is 2.29. The number of carbonyl (C=O) groups is 1. The van der Waals surface area contributed by atoms with Crippen LogP contribution in [-0.4, -0.2) is 55.8 Å². The molecule has 0 amide bonds. The van der Waals surface area contributed by atoms with E-state index in [0.717, 1.165) is 22.4 Å². The molecule has 12 heteroatoms. The Bertz CT molecular complexity index is 1500. The fourth-order valence-corrected chi connectivity index (χ4v) is 4.40. The van der Waals surface area contributed by atoms with Crippen LogP contribution in [0.1, 0.15) is 28.5 Å². The Kier molecular flexibility index (Phi) is 8.38. The topological polar surface area (TPSA) is 196 Å². The van der Waals surface area contributed by atoms with Crippen molar-refractivity contribution in [3.63, 3.8) is 0 Å². The molecule has 1 fully saturated rings. The van der Waals surface area contributed by atoms with Crippen LogP contribution in [0.2, 0.25) is 0 Å². The molecule has 40 heavy (non-hydrogen) atoms.